The van der Waals surface area contributed by atoms with Crippen molar-refractivity contribution in [1.29, 1.82) is 0 Å². The van der Waals surface area contributed by atoms with Crippen molar-refractivity contribution in [2.75, 3.05) is 11.9 Å². The summed E-state index contributed by atoms with van der Waals surface area (Å²) in [5, 5.41) is 1.46. The number of benzene rings is 2. The van der Waals surface area contributed by atoms with Gasteiger partial charge in [0.05, 0.1) is 10.7 Å². The number of hydrogen-bond donors (Lipinski definition) is 0. The van der Waals surface area contributed by atoms with Crippen LogP contribution in [0.1, 0.15) is 11.1 Å². The second-order valence-corrected chi connectivity index (χ2v) is 5.51. The molecular formula is C15H14Cl3N. The third kappa shape index (κ3) is 3.79. The summed E-state index contributed by atoms with van der Waals surface area (Å²) in [5.41, 5.74) is 3.20. The fourth-order valence-corrected chi connectivity index (χ4v) is 2.53. The third-order valence-corrected chi connectivity index (χ3v) is 3.77. The van der Waals surface area contributed by atoms with Crippen LogP contribution in [0.25, 0.3) is 0 Å². The van der Waals surface area contributed by atoms with Crippen molar-refractivity contribution in [1.82, 2.24) is 0 Å². The van der Waals surface area contributed by atoms with E-state index in [2.05, 4.69) is 4.90 Å². The molecule has 0 saturated heterocycles. The van der Waals surface area contributed by atoms with Gasteiger partial charge in [-0.2, -0.15) is 0 Å². The van der Waals surface area contributed by atoms with Crippen LogP contribution in [0.5, 0.6) is 0 Å². The molecule has 0 aliphatic rings. The largest absolute Gasteiger partial charge is 0.369 e. The van der Waals surface area contributed by atoms with Gasteiger partial charge in [0.25, 0.3) is 0 Å². The van der Waals surface area contributed by atoms with Gasteiger partial charge in [-0.1, -0.05) is 41.4 Å². The Balaban J connectivity index is 2.15. The molecule has 0 saturated carbocycles. The van der Waals surface area contributed by atoms with E-state index >= 15 is 0 Å². The number of anilines is 1. The molecule has 100 valence electrons. The predicted octanol–water partition coefficient (Wildman–Crippen LogP) is 5.37. The topological polar surface area (TPSA) is 3.24 Å². The maximum atomic E-state index is 6.27. The minimum absolute atomic E-state index is 0.473. The molecule has 2 rings (SSSR count). The lowest BCUT2D eigenvalue weighted by Gasteiger charge is -2.21. The Morgan fingerprint density at radius 2 is 1.58 bits per heavy atom. The van der Waals surface area contributed by atoms with Crippen molar-refractivity contribution in [2.45, 2.75) is 12.4 Å². The summed E-state index contributed by atoms with van der Waals surface area (Å²) in [7, 11) is 2.01. The summed E-state index contributed by atoms with van der Waals surface area (Å²) in [6, 6.07) is 13.7. The number of halogens is 3. The molecule has 2 aromatic carbocycles. The molecule has 2 aromatic rings. The van der Waals surface area contributed by atoms with Crippen LogP contribution in [0.2, 0.25) is 10.0 Å². The molecule has 19 heavy (non-hydrogen) atoms. The van der Waals surface area contributed by atoms with E-state index in [1.807, 2.05) is 49.5 Å². The van der Waals surface area contributed by atoms with Gasteiger partial charge in [0, 0.05) is 24.5 Å². The van der Waals surface area contributed by atoms with Crippen molar-refractivity contribution in [3.05, 3.63) is 63.6 Å². The molecule has 0 atom stereocenters. The second-order valence-electron chi connectivity index (χ2n) is 4.40. The molecule has 0 amide bonds. The van der Waals surface area contributed by atoms with E-state index in [-0.39, 0.29) is 0 Å². The van der Waals surface area contributed by atoms with Gasteiger partial charge in [-0.3, -0.25) is 0 Å². The highest BCUT2D eigenvalue weighted by Gasteiger charge is 2.07. The number of hydrogen-bond acceptors (Lipinski definition) is 1. The van der Waals surface area contributed by atoms with E-state index in [1.54, 1.807) is 0 Å². The molecule has 4 heteroatoms. The molecule has 0 spiro atoms. The van der Waals surface area contributed by atoms with E-state index in [0.29, 0.717) is 5.88 Å². The maximum Gasteiger partial charge on any atom is 0.0642 e. The Hall–Kier alpha value is -0.890. The molecule has 0 aliphatic carbocycles. The predicted molar refractivity (Wildman–Crippen MR) is 84.6 cm³/mol. The first-order chi connectivity index (χ1) is 9.10. The van der Waals surface area contributed by atoms with Gasteiger partial charge in [0.2, 0.25) is 0 Å². The van der Waals surface area contributed by atoms with Crippen LogP contribution in [-0.4, -0.2) is 7.05 Å². The van der Waals surface area contributed by atoms with Crippen molar-refractivity contribution < 1.29 is 0 Å². The van der Waals surface area contributed by atoms with Gasteiger partial charge in [0.15, 0.2) is 0 Å². The zero-order valence-electron chi connectivity index (χ0n) is 10.5. The smallest absolute Gasteiger partial charge is 0.0642 e. The third-order valence-electron chi connectivity index (χ3n) is 2.91. The zero-order valence-corrected chi connectivity index (χ0v) is 12.8. The van der Waals surface area contributed by atoms with Crippen molar-refractivity contribution in [2.24, 2.45) is 0 Å². The van der Waals surface area contributed by atoms with E-state index in [4.69, 9.17) is 34.8 Å². The molecule has 0 unspecified atom stereocenters. The Morgan fingerprint density at radius 3 is 2.16 bits per heavy atom. The Morgan fingerprint density at radius 1 is 0.947 bits per heavy atom. The minimum Gasteiger partial charge on any atom is -0.369 e. The van der Waals surface area contributed by atoms with Gasteiger partial charge in [0.1, 0.15) is 0 Å². The van der Waals surface area contributed by atoms with Crippen LogP contribution < -0.4 is 4.90 Å². The lowest BCUT2D eigenvalue weighted by molar-refractivity contribution is 0.923. The van der Waals surface area contributed by atoms with E-state index in [9.17, 15) is 0 Å². The number of nitrogens with zero attached hydrogens (tertiary/aromatic N) is 1. The highest BCUT2D eigenvalue weighted by molar-refractivity contribution is 6.33. The lowest BCUT2D eigenvalue weighted by atomic mass is 10.2. The normalized spacial score (nSPS) is 10.5. The Bertz CT molecular complexity index is 552. The second kappa shape index (κ2) is 6.51. The fourth-order valence-electron chi connectivity index (χ4n) is 1.89. The molecule has 0 fully saturated rings. The van der Waals surface area contributed by atoms with Crippen LogP contribution in [0.15, 0.2) is 42.5 Å². The summed E-state index contributed by atoms with van der Waals surface area (Å²) in [4.78, 5) is 2.10. The van der Waals surface area contributed by atoms with E-state index in [1.165, 1.54) is 5.56 Å². The first-order valence-electron chi connectivity index (χ1n) is 5.90. The molecule has 0 radical (unpaired) electrons. The minimum atomic E-state index is 0.473. The van der Waals surface area contributed by atoms with Gasteiger partial charge in [-0.25, -0.2) is 0 Å². The molecule has 0 aliphatic heterocycles. The van der Waals surface area contributed by atoms with Gasteiger partial charge in [-0.15, -0.1) is 11.6 Å². The van der Waals surface area contributed by atoms with Crippen molar-refractivity contribution in [3.8, 4) is 0 Å². The average molecular weight is 315 g/mol. The van der Waals surface area contributed by atoms with Crippen LogP contribution >= 0.6 is 34.8 Å². The van der Waals surface area contributed by atoms with Crippen molar-refractivity contribution in [3.63, 3.8) is 0 Å². The Labute approximate surface area is 128 Å². The SMILES string of the molecule is CN(Cc1ccc(Cl)cc1)c1ccc(CCl)cc1Cl. The Kier molecular flexibility index (Phi) is 4.98. The zero-order chi connectivity index (χ0) is 13.8. The standard InChI is InChI=1S/C15H14Cl3N/c1-19(10-11-2-5-13(17)6-3-11)15-7-4-12(9-16)8-14(15)18/h2-8H,9-10H2,1H3. The fraction of sp³-hybridized carbons (Fsp3) is 0.200. The summed E-state index contributed by atoms with van der Waals surface area (Å²) in [6.45, 7) is 0.775. The molecule has 0 aromatic heterocycles. The van der Waals surface area contributed by atoms with Gasteiger partial charge >= 0.3 is 0 Å². The first-order valence-corrected chi connectivity index (χ1v) is 7.19. The first kappa shape index (κ1) is 14.5. The van der Waals surface area contributed by atoms with Gasteiger partial charge < -0.3 is 4.90 Å². The monoisotopic (exact) mass is 313 g/mol. The number of alkyl halides is 1. The summed E-state index contributed by atoms with van der Waals surface area (Å²) in [6.07, 6.45) is 0. The average Bonchev–Trinajstić information content (AvgIpc) is 2.41. The van der Waals surface area contributed by atoms with Crippen LogP contribution in [0.3, 0.4) is 0 Å². The highest BCUT2D eigenvalue weighted by Crippen LogP contribution is 2.27. The molecular weight excluding hydrogens is 301 g/mol. The molecule has 0 N–H and O–H groups in total. The maximum absolute atomic E-state index is 6.27. The van der Waals surface area contributed by atoms with Crippen LogP contribution in [0.4, 0.5) is 5.69 Å². The van der Waals surface area contributed by atoms with Crippen molar-refractivity contribution >= 4 is 40.5 Å². The highest BCUT2D eigenvalue weighted by atomic mass is 35.5. The lowest BCUT2D eigenvalue weighted by Crippen LogP contribution is -2.16. The van der Waals surface area contributed by atoms with Gasteiger partial charge in [-0.05, 0) is 35.4 Å². The van der Waals surface area contributed by atoms with E-state index in [0.717, 1.165) is 27.8 Å². The van der Waals surface area contributed by atoms with Crippen LogP contribution in [-0.2, 0) is 12.4 Å². The molecule has 0 heterocycles. The van der Waals surface area contributed by atoms with Crippen LogP contribution in [0, 0.1) is 0 Å². The number of rotatable bonds is 4. The molecule has 1 nitrogen and oxygen atoms in total. The summed E-state index contributed by atoms with van der Waals surface area (Å²) in [5.74, 6) is 0.473. The summed E-state index contributed by atoms with van der Waals surface area (Å²) < 4.78 is 0. The summed E-state index contributed by atoms with van der Waals surface area (Å²) >= 11 is 17.9. The quantitative estimate of drug-likeness (QED) is 0.686. The molecule has 0 bridgehead atoms. The van der Waals surface area contributed by atoms with E-state index < -0.39 is 0 Å².